The molecule has 1 rings (SSSR count). The van der Waals surface area contributed by atoms with Crippen molar-refractivity contribution in [2.75, 3.05) is 20.3 Å². The average Bonchev–Trinajstić information content (AvgIpc) is 2.42. The van der Waals surface area contributed by atoms with Crippen molar-refractivity contribution < 1.29 is 9.47 Å². The molecule has 1 aromatic rings. The predicted molar refractivity (Wildman–Crippen MR) is 80.3 cm³/mol. The van der Waals surface area contributed by atoms with Crippen molar-refractivity contribution in [3.63, 3.8) is 0 Å². The number of unbranched alkanes of at least 4 members (excludes halogenated alkanes) is 1. The van der Waals surface area contributed by atoms with Crippen LogP contribution in [0.5, 0.6) is 11.5 Å². The molecule has 0 amide bonds. The summed E-state index contributed by atoms with van der Waals surface area (Å²) in [4.78, 5) is 0. The quantitative estimate of drug-likeness (QED) is 0.552. The molecule has 19 heavy (non-hydrogen) atoms. The van der Waals surface area contributed by atoms with Crippen molar-refractivity contribution in [2.45, 2.75) is 26.3 Å². The molecule has 0 aromatic heterocycles. The molecule has 0 saturated carbocycles. The molecular formula is C15H22ClNO2. The van der Waals surface area contributed by atoms with Crippen LogP contribution >= 0.6 is 11.6 Å². The van der Waals surface area contributed by atoms with Gasteiger partial charge in [-0.25, -0.2) is 0 Å². The minimum Gasteiger partial charge on any atom is -0.493 e. The summed E-state index contributed by atoms with van der Waals surface area (Å²) in [5.74, 6) is 1.30. The minimum atomic E-state index is 0.589. The second-order valence-electron chi connectivity index (χ2n) is 4.17. The lowest BCUT2D eigenvalue weighted by Gasteiger charge is -2.14. The van der Waals surface area contributed by atoms with Gasteiger partial charge in [-0.2, -0.15) is 0 Å². The molecular weight excluding hydrogens is 262 g/mol. The molecule has 1 aromatic carbocycles. The molecule has 0 radical (unpaired) electrons. The van der Waals surface area contributed by atoms with Crippen molar-refractivity contribution in [3.8, 4) is 11.5 Å². The Bertz CT molecular complexity index is 407. The number of hydrogen-bond acceptors (Lipinski definition) is 3. The lowest BCUT2D eigenvalue weighted by Crippen LogP contribution is -2.12. The summed E-state index contributed by atoms with van der Waals surface area (Å²) in [6, 6.07) is 3.87. The first kappa shape index (κ1) is 15.9. The summed E-state index contributed by atoms with van der Waals surface area (Å²) < 4.78 is 11.0. The molecule has 106 valence electrons. The molecule has 3 nitrogen and oxygen atoms in total. The minimum absolute atomic E-state index is 0.589. The number of benzene rings is 1. The highest BCUT2D eigenvalue weighted by Crippen LogP contribution is 2.36. The highest BCUT2D eigenvalue weighted by atomic mass is 35.5. The summed E-state index contributed by atoms with van der Waals surface area (Å²) >= 11 is 6.25. The maximum absolute atomic E-state index is 6.25. The van der Waals surface area contributed by atoms with Crippen LogP contribution in [0.2, 0.25) is 5.02 Å². The van der Waals surface area contributed by atoms with E-state index in [0.29, 0.717) is 23.1 Å². The molecule has 0 unspecified atom stereocenters. The maximum Gasteiger partial charge on any atom is 0.179 e. The molecule has 1 N–H and O–H groups in total. The molecule has 0 aliphatic heterocycles. The lowest BCUT2D eigenvalue weighted by molar-refractivity contribution is 0.290. The normalized spacial score (nSPS) is 10.3. The third-order valence-corrected chi connectivity index (χ3v) is 2.95. The molecule has 0 fully saturated rings. The monoisotopic (exact) mass is 283 g/mol. The van der Waals surface area contributed by atoms with E-state index in [4.69, 9.17) is 21.1 Å². The van der Waals surface area contributed by atoms with Crippen molar-refractivity contribution in [2.24, 2.45) is 0 Å². The van der Waals surface area contributed by atoms with Crippen molar-refractivity contribution in [1.82, 2.24) is 5.32 Å². The van der Waals surface area contributed by atoms with Crippen LogP contribution in [0.1, 0.15) is 25.3 Å². The van der Waals surface area contributed by atoms with E-state index in [1.54, 1.807) is 7.11 Å². The molecule has 0 saturated heterocycles. The Balaban J connectivity index is 2.76. The highest BCUT2D eigenvalue weighted by molar-refractivity contribution is 6.32. The van der Waals surface area contributed by atoms with Gasteiger partial charge in [0.25, 0.3) is 0 Å². The molecule has 0 aliphatic carbocycles. The number of halogens is 1. The summed E-state index contributed by atoms with van der Waals surface area (Å²) in [6.45, 7) is 8.04. The van der Waals surface area contributed by atoms with E-state index in [0.717, 1.165) is 31.5 Å². The fraction of sp³-hybridized carbons (Fsp3) is 0.467. The Hall–Kier alpha value is -1.19. The first-order chi connectivity index (χ1) is 9.22. The Labute approximate surface area is 120 Å². The van der Waals surface area contributed by atoms with Crippen LogP contribution in [0.15, 0.2) is 24.8 Å². The molecule has 0 atom stereocenters. The Morgan fingerprint density at radius 3 is 2.84 bits per heavy atom. The summed E-state index contributed by atoms with van der Waals surface area (Å²) in [5.41, 5.74) is 1.09. The van der Waals surface area contributed by atoms with E-state index in [9.17, 15) is 0 Å². The summed E-state index contributed by atoms with van der Waals surface area (Å²) in [7, 11) is 1.62. The largest absolute Gasteiger partial charge is 0.493 e. The molecule has 0 bridgehead atoms. The van der Waals surface area contributed by atoms with Gasteiger partial charge in [0.2, 0.25) is 0 Å². The fourth-order valence-electron chi connectivity index (χ4n) is 1.69. The van der Waals surface area contributed by atoms with E-state index < -0.39 is 0 Å². The van der Waals surface area contributed by atoms with Crippen LogP contribution in [-0.4, -0.2) is 20.3 Å². The Kier molecular flexibility index (Phi) is 7.38. The number of allylic oxidation sites excluding steroid dienone is 1. The van der Waals surface area contributed by atoms with E-state index in [1.807, 2.05) is 18.2 Å². The first-order valence-electron chi connectivity index (χ1n) is 6.53. The number of rotatable bonds is 9. The summed E-state index contributed by atoms with van der Waals surface area (Å²) in [5, 5.41) is 3.85. The Morgan fingerprint density at radius 1 is 1.42 bits per heavy atom. The molecule has 0 spiro atoms. The maximum atomic E-state index is 6.25. The van der Waals surface area contributed by atoms with Gasteiger partial charge in [-0.1, -0.05) is 24.6 Å². The highest BCUT2D eigenvalue weighted by Gasteiger charge is 2.11. The zero-order valence-corrected chi connectivity index (χ0v) is 12.4. The van der Waals surface area contributed by atoms with Crippen LogP contribution in [0.3, 0.4) is 0 Å². The van der Waals surface area contributed by atoms with Crippen LogP contribution in [0.25, 0.3) is 0 Å². The predicted octanol–water partition coefficient (Wildman–Crippen LogP) is 3.80. The van der Waals surface area contributed by atoms with Crippen LogP contribution < -0.4 is 14.8 Å². The number of methoxy groups -OCH3 is 1. The fourth-order valence-corrected chi connectivity index (χ4v) is 1.97. The van der Waals surface area contributed by atoms with E-state index in [-0.39, 0.29) is 0 Å². The summed E-state index contributed by atoms with van der Waals surface area (Å²) in [6.07, 6.45) is 3.72. The Morgan fingerprint density at radius 2 is 2.21 bits per heavy atom. The zero-order chi connectivity index (χ0) is 14.1. The smallest absolute Gasteiger partial charge is 0.179 e. The topological polar surface area (TPSA) is 30.5 Å². The SMILES string of the molecule is C=CCCCOc1c(Cl)cc(CNCC)cc1OC. The van der Waals surface area contributed by atoms with E-state index >= 15 is 0 Å². The van der Waals surface area contributed by atoms with Gasteiger partial charge in [0.15, 0.2) is 11.5 Å². The van der Waals surface area contributed by atoms with Crippen molar-refractivity contribution in [3.05, 3.63) is 35.4 Å². The van der Waals surface area contributed by atoms with Gasteiger partial charge in [0, 0.05) is 6.54 Å². The number of nitrogens with one attached hydrogen (secondary N) is 1. The second kappa shape index (κ2) is 8.83. The lowest BCUT2D eigenvalue weighted by atomic mass is 10.2. The molecule has 0 heterocycles. The van der Waals surface area contributed by atoms with E-state index in [2.05, 4.69) is 18.8 Å². The van der Waals surface area contributed by atoms with Gasteiger partial charge in [-0.05, 0) is 37.1 Å². The van der Waals surface area contributed by atoms with Crippen LogP contribution in [-0.2, 0) is 6.54 Å². The average molecular weight is 284 g/mol. The molecule has 0 aliphatic rings. The van der Waals surface area contributed by atoms with Gasteiger partial charge < -0.3 is 14.8 Å². The van der Waals surface area contributed by atoms with Crippen LogP contribution in [0.4, 0.5) is 0 Å². The van der Waals surface area contributed by atoms with Gasteiger partial charge >= 0.3 is 0 Å². The van der Waals surface area contributed by atoms with Crippen LogP contribution in [0, 0.1) is 0 Å². The zero-order valence-electron chi connectivity index (χ0n) is 11.7. The van der Waals surface area contributed by atoms with Crippen molar-refractivity contribution in [1.29, 1.82) is 0 Å². The van der Waals surface area contributed by atoms with Gasteiger partial charge in [0.05, 0.1) is 18.7 Å². The van der Waals surface area contributed by atoms with Crippen molar-refractivity contribution >= 4 is 11.6 Å². The number of ether oxygens (including phenoxy) is 2. The second-order valence-corrected chi connectivity index (χ2v) is 4.58. The molecule has 4 heteroatoms. The number of hydrogen-bond donors (Lipinski definition) is 1. The third kappa shape index (κ3) is 5.13. The van der Waals surface area contributed by atoms with E-state index in [1.165, 1.54) is 0 Å². The first-order valence-corrected chi connectivity index (χ1v) is 6.91. The standard InChI is InChI=1S/C15H22ClNO2/c1-4-6-7-8-19-15-13(16)9-12(11-17-5-2)10-14(15)18-3/h4,9-10,17H,1,5-8,11H2,2-3H3. The van der Waals surface area contributed by atoms with Gasteiger partial charge in [0.1, 0.15) is 0 Å². The third-order valence-electron chi connectivity index (χ3n) is 2.67. The van der Waals surface area contributed by atoms with Gasteiger partial charge in [-0.15, -0.1) is 6.58 Å². The van der Waals surface area contributed by atoms with Gasteiger partial charge in [-0.3, -0.25) is 0 Å².